The molecule has 0 spiro atoms. The molecule has 1 rings (SSSR count). The highest BCUT2D eigenvalue weighted by Gasteiger charge is 2.06. The van der Waals surface area contributed by atoms with Gasteiger partial charge in [0.1, 0.15) is 5.75 Å². The summed E-state index contributed by atoms with van der Waals surface area (Å²) in [7, 11) is 0. The first kappa shape index (κ1) is 14.8. The van der Waals surface area contributed by atoms with Crippen LogP contribution in [-0.4, -0.2) is 18.4 Å². The van der Waals surface area contributed by atoms with Crippen molar-refractivity contribution in [2.24, 2.45) is 5.73 Å². The zero-order valence-electron chi connectivity index (χ0n) is 11.1. The van der Waals surface area contributed by atoms with E-state index in [-0.39, 0.29) is 18.9 Å². The molecule has 19 heavy (non-hydrogen) atoms. The highest BCUT2D eigenvalue weighted by atomic mass is 16.5. The van der Waals surface area contributed by atoms with E-state index in [9.17, 15) is 9.59 Å². The van der Waals surface area contributed by atoms with E-state index in [2.05, 4.69) is 5.32 Å². The Bertz CT molecular complexity index is 491. The minimum absolute atomic E-state index is 0.135. The van der Waals surface area contributed by atoms with E-state index in [1.807, 2.05) is 13.8 Å². The van der Waals surface area contributed by atoms with Crippen LogP contribution in [0.5, 0.6) is 5.75 Å². The lowest BCUT2D eigenvalue weighted by molar-refractivity contribution is -0.118. The lowest BCUT2D eigenvalue weighted by atomic mass is 10.2. The van der Waals surface area contributed by atoms with Gasteiger partial charge in [-0.2, -0.15) is 0 Å². The second kappa shape index (κ2) is 7.20. The maximum absolute atomic E-state index is 11.6. The highest BCUT2D eigenvalue weighted by molar-refractivity contribution is 6.00. The molecule has 0 aliphatic rings. The monoisotopic (exact) mass is 262 g/mol. The van der Waals surface area contributed by atoms with E-state index < -0.39 is 5.91 Å². The summed E-state index contributed by atoms with van der Waals surface area (Å²) >= 11 is 0. The van der Waals surface area contributed by atoms with Gasteiger partial charge in [0.2, 0.25) is 11.8 Å². The molecule has 1 aromatic carbocycles. The molecular formula is C14H18N2O3. The van der Waals surface area contributed by atoms with Crippen molar-refractivity contribution in [3.8, 4) is 5.75 Å². The summed E-state index contributed by atoms with van der Waals surface area (Å²) in [4.78, 5) is 22.3. The number of rotatable bonds is 6. The molecule has 5 nitrogen and oxygen atoms in total. The van der Waals surface area contributed by atoms with Gasteiger partial charge < -0.3 is 15.8 Å². The maximum Gasteiger partial charge on any atom is 0.248 e. The van der Waals surface area contributed by atoms with Crippen LogP contribution in [0.1, 0.15) is 20.3 Å². The zero-order chi connectivity index (χ0) is 14.3. The van der Waals surface area contributed by atoms with Crippen molar-refractivity contribution in [1.29, 1.82) is 0 Å². The van der Waals surface area contributed by atoms with E-state index in [1.54, 1.807) is 24.3 Å². The average Bonchev–Trinajstić information content (AvgIpc) is 2.29. The van der Waals surface area contributed by atoms with Crippen LogP contribution in [0.25, 0.3) is 0 Å². The van der Waals surface area contributed by atoms with Crippen molar-refractivity contribution in [1.82, 2.24) is 0 Å². The van der Waals surface area contributed by atoms with Crippen LogP contribution in [0.4, 0.5) is 5.69 Å². The largest absolute Gasteiger partial charge is 0.491 e. The molecule has 0 saturated carbocycles. The van der Waals surface area contributed by atoms with Crippen molar-refractivity contribution in [3.63, 3.8) is 0 Å². The van der Waals surface area contributed by atoms with Gasteiger partial charge in [0.05, 0.1) is 18.7 Å². The number of para-hydroxylation sites is 2. The standard InChI is InChI=1S/C14H18N2O3/c1-10(2)9-14(18)16-11-5-3-4-6-12(11)19-8-7-13(15)17/h3-6,9H,7-8H2,1-2H3,(H2,15,17)(H,16,18). The van der Waals surface area contributed by atoms with Gasteiger partial charge in [0, 0.05) is 6.08 Å². The molecule has 0 aromatic heterocycles. The van der Waals surface area contributed by atoms with E-state index in [4.69, 9.17) is 10.5 Å². The number of anilines is 1. The molecule has 0 heterocycles. The number of amides is 2. The number of nitrogens with two attached hydrogens (primary N) is 1. The van der Waals surface area contributed by atoms with Crippen LogP contribution in [0.2, 0.25) is 0 Å². The van der Waals surface area contributed by atoms with Gasteiger partial charge in [-0.15, -0.1) is 0 Å². The van der Waals surface area contributed by atoms with Crippen molar-refractivity contribution in [2.45, 2.75) is 20.3 Å². The summed E-state index contributed by atoms with van der Waals surface area (Å²) in [5.74, 6) is -0.128. The number of ether oxygens (including phenoxy) is 1. The fourth-order valence-electron chi connectivity index (χ4n) is 1.39. The number of allylic oxidation sites excluding steroid dienone is 1. The van der Waals surface area contributed by atoms with Crippen LogP contribution in [0, 0.1) is 0 Å². The quantitative estimate of drug-likeness (QED) is 0.767. The lowest BCUT2D eigenvalue weighted by Crippen LogP contribution is -2.15. The fraction of sp³-hybridized carbons (Fsp3) is 0.286. The van der Waals surface area contributed by atoms with Gasteiger partial charge in [-0.05, 0) is 26.0 Å². The Balaban J connectivity index is 2.70. The highest BCUT2D eigenvalue weighted by Crippen LogP contribution is 2.23. The molecule has 1 aromatic rings. The topological polar surface area (TPSA) is 81.4 Å². The second-order valence-electron chi connectivity index (χ2n) is 4.27. The summed E-state index contributed by atoms with van der Waals surface area (Å²) in [6.07, 6.45) is 1.64. The first-order chi connectivity index (χ1) is 8.99. The number of benzene rings is 1. The third-order valence-electron chi connectivity index (χ3n) is 2.17. The molecule has 0 bridgehead atoms. The van der Waals surface area contributed by atoms with Crippen LogP contribution in [0.3, 0.4) is 0 Å². The summed E-state index contributed by atoms with van der Waals surface area (Å²) in [5.41, 5.74) is 6.51. The molecule has 0 radical (unpaired) electrons. The lowest BCUT2D eigenvalue weighted by Gasteiger charge is -2.11. The third kappa shape index (κ3) is 5.72. The Morgan fingerprint density at radius 3 is 2.63 bits per heavy atom. The Labute approximate surface area is 112 Å². The zero-order valence-corrected chi connectivity index (χ0v) is 11.1. The van der Waals surface area contributed by atoms with Gasteiger partial charge in [0.25, 0.3) is 0 Å². The molecule has 2 amide bonds. The summed E-state index contributed by atoms with van der Waals surface area (Å²) in [6.45, 7) is 3.87. The van der Waals surface area contributed by atoms with Crippen LogP contribution < -0.4 is 15.8 Å². The Morgan fingerprint density at radius 2 is 2.00 bits per heavy atom. The molecule has 5 heteroatoms. The van der Waals surface area contributed by atoms with E-state index >= 15 is 0 Å². The van der Waals surface area contributed by atoms with Gasteiger partial charge in [0.15, 0.2) is 0 Å². The molecule has 0 saturated heterocycles. The van der Waals surface area contributed by atoms with E-state index in [0.717, 1.165) is 5.57 Å². The van der Waals surface area contributed by atoms with Gasteiger partial charge >= 0.3 is 0 Å². The third-order valence-corrected chi connectivity index (χ3v) is 2.17. The first-order valence-electron chi connectivity index (χ1n) is 5.95. The molecule has 0 unspecified atom stereocenters. The molecular weight excluding hydrogens is 244 g/mol. The molecule has 0 fully saturated rings. The smallest absolute Gasteiger partial charge is 0.248 e. The Morgan fingerprint density at radius 1 is 1.32 bits per heavy atom. The molecule has 102 valence electrons. The normalized spacial score (nSPS) is 9.58. The summed E-state index contributed by atoms with van der Waals surface area (Å²) in [6, 6.07) is 7.03. The molecule has 0 aliphatic carbocycles. The van der Waals surface area contributed by atoms with Crippen molar-refractivity contribution in [2.75, 3.05) is 11.9 Å². The van der Waals surface area contributed by atoms with Crippen LogP contribution >= 0.6 is 0 Å². The van der Waals surface area contributed by atoms with Gasteiger partial charge in [-0.3, -0.25) is 9.59 Å². The van der Waals surface area contributed by atoms with Gasteiger partial charge in [-0.1, -0.05) is 17.7 Å². The predicted octanol–water partition coefficient (Wildman–Crippen LogP) is 1.85. The van der Waals surface area contributed by atoms with Crippen molar-refractivity contribution < 1.29 is 14.3 Å². The van der Waals surface area contributed by atoms with E-state index in [1.165, 1.54) is 6.08 Å². The van der Waals surface area contributed by atoms with Crippen molar-refractivity contribution >= 4 is 17.5 Å². The average molecular weight is 262 g/mol. The number of nitrogens with one attached hydrogen (secondary N) is 1. The molecule has 0 aliphatic heterocycles. The van der Waals surface area contributed by atoms with Gasteiger partial charge in [-0.25, -0.2) is 0 Å². The van der Waals surface area contributed by atoms with Crippen LogP contribution in [0.15, 0.2) is 35.9 Å². The molecule has 3 N–H and O–H groups in total. The number of hydrogen-bond donors (Lipinski definition) is 2. The summed E-state index contributed by atoms with van der Waals surface area (Å²) in [5, 5.41) is 2.72. The predicted molar refractivity (Wildman–Crippen MR) is 73.8 cm³/mol. The fourth-order valence-corrected chi connectivity index (χ4v) is 1.39. The SMILES string of the molecule is CC(C)=CC(=O)Nc1ccccc1OCCC(N)=O. The Hall–Kier alpha value is -2.30. The minimum atomic E-state index is -0.425. The van der Waals surface area contributed by atoms with Crippen molar-refractivity contribution in [3.05, 3.63) is 35.9 Å². The Kier molecular flexibility index (Phi) is 5.60. The number of carbonyl (C=O) groups is 2. The second-order valence-corrected chi connectivity index (χ2v) is 4.27. The summed E-state index contributed by atoms with van der Waals surface area (Å²) < 4.78 is 5.42. The number of primary amides is 1. The van der Waals surface area contributed by atoms with E-state index in [0.29, 0.717) is 11.4 Å². The minimum Gasteiger partial charge on any atom is -0.491 e. The number of hydrogen-bond acceptors (Lipinski definition) is 3. The molecule has 0 atom stereocenters. The van der Waals surface area contributed by atoms with Crippen LogP contribution in [-0.2, 0) is 9.59 Å². The maximum atomic E-state index is 11.6. The first-order valence-corrected chi connectivity index (χ1v) is 5.95. The number of carbonyl (C=O) groups excluding carboxylic acids is 2.